The van der Waals surface area contributed by atoms with Gasteiger partial charge in [-0.1, -0.05) is 6.08 Å². The summed E-state index contributed by atoms with van der Waals surface area (Å²) in [6, 6.07) is 5.47. The van der Waals surface area contributed by atoms with Crippen molar-refractivity contribution in [2.24, 2.45) is 5.92 Å². The molecule has 80 valence electrons. The summed E-state index contributed by atoms with van der Waals surface area (Å²) in [5.41, 5.74) is 0.889. The third kappa shape index (κ3) is 1.68. The summed E-state index contributed by atoms with van der Waals surface area (Å²) >= 11 is 0. The van der Waals surface area contributed by atoms with E-state index in [1.807, 2.05) is 6.07 Å². The predicted molar refractivity (Wildman–Crippen MR) is 59.6 cm³/mol. The molecule has 0 N–H and O–H groups in total. The van der Waals surface area contributed by atoms with Gasteiger partial charge in [0.05, 0.1) is 5.69 Å². The molecule has 1 aliphatic heterocycles. The quantitative estimate of drug-likeness (QED) is 0.699. The summed E-state index contributed by atoms with van der Waals surface area (Å²) in [5, 5.41) is 8.92. The molecule has 0 bridgehead atoms. The number of hydrogen-bond acceptors (Lipinski definition) is 3. The van der Waals surface area contributed by atoms with Crippen molar-refractivity contribution in [3.8, 4) is 6.07 Å². The normalized spacial score (nSPS) is 19.6. The fourth-order valence-electron chi connectivity index (χ4n) is 1.83. The molecular weight excluding hydrogens is 202 g/mol. The Morgan fingerprint density at radius 3 is 3.12 bits per heavy atom. The van der Waals surface area contributed by atoms with E-state index in [2.05, 4.69) is 11.6 Å². The minimum Gasteiger partial charge on any atom is -0.309 e. The minimum atomic E-state index is 0.0226. The summed E-state index contributed by atoms with van der Waals surface area (Å²) in [7, 11) is 0. The second-order valence-corrected chi connectivity index (χ2v) is 3.69. The molecule has 1 aliphatic rings. The van der Waals surface area contributed by atoms with Crippen LogP contribution in [0.3, 0.4) is 0 Å². The maximum Gasteiger partial charge on any atom is 0.227 e. The molecule has 0 aliphatic carbocycles. The number of hydrogen-bond donors (Lipinski definition) is 0. The second kappa shape index (κ2) is 4.15. The van der Waals surface area contributed by atoms with E-state index in [0.717, 1.165) is 0 Å². The van der Waals surface area contributed by atoms with Crippen LogP contribution in [-0.4, -0.2) is 17.4 Å². The van der Waals surface area contributed by atoms with Crippen LogP contribution in [-0.2, 0) is 4.79 Å². The number of amides is 1. The van der Waals surface area contributed by atoms with Crippen molar-refractivity contribution in [3.63, 3.8) is 0 Å². The number of nitriles is 1. The van der Waals surface area contributed by atoms with Crippen LogP contribution in [0.15, 0.2) is 31.0 Å². The summed E-state index contributed by atoms with van der Waals surface area (Å²) in [6.45, 7) is 4.27. The molecule has 16 heavy (non-hydrogen) atoms. The van der Waals surface area contributed by atoms with Crippen LogP contribution < -0.4 is 4.90 Å². The van der Waals surface area contributed by atoms with Crippen LogP contribution in [0.4, 0.5) is 5.69 Å². The lowest BCUT2D eigenvalue weighted by Crippen LogP contribution is -2.25. The Morgan fingerprint density at radius 1 is 1.69 bits per heavy atom. The zero-order chi connectivity index (χ0) is 11.5. The molecule has 1 amide bonds. The van der Waals surface area contributed by atoms with Crippen LogP contribution >= 0.6 is 0 Å². The van der Waals surface area contributed by atoms with Gasteiger partial charge in [-0.3, -0.25) is 4.79 Å². The lowest BCUT2D eigenvalue weighted by Gasteiger charge is -2.16. The fraction of sp³-hybridized carbons (Fsp3) is 0.250. The summed E-state index contributed by atoms with van der Waals surface area (Å²) < 4.78 is 0. The summed E-state index contributed by atoms with van der Waals surface area (Å²) in [4.78, 5) is 17.3. The molecule has 0 spiro atoms. The van der Waals surface area contributed by atoms with Crippen molar-refractivity contribution in [2.75, 3.05) is 11.4 Å². The molecule has 4 heteroatoms. The lowest BCUT2D eigenvalue weighted by atomic mass is 10.1. The standard InChI is InChI=1S/C12H11N3O/c1-2-9-6-12(16)15(8-9)11-4-3-5-14-10(11)7-13/h2-5,9H,1,6,8H2. The minimum absolute atomic E-state index is 0.0226. The van der Waals surface area contributed by atoms with Gasteiger partial charge in [-0.15, -0.1) is 6.58 Å². The number of carbonyl (C=O) groups is 1. The molecule has 1 aromatic rings. The maximum absolute atomic E-state index is 11.8. The summed E-state index contributed by atoms with van der Waals surface area (Å²) in [6.07, 6.45) is 3.79. The van der Waals surface area contributed by atoms with Crippen LogP contribution in [0.5, 0.6) is 0 Å². The van der Waals surface area contributed by atoms with Crippen molar-refractivity contribution < 1.29 is 4.79 Å². The zero-order valence-corrected chi connectivity index (χ0v) is 8.76. The number of anilines is 1. The van der Waals surface area contributed by atoms with E-state index in [1.165, 1.54) is 0 Å². The molecule has 1 fully saturated rings. The van der Waals surface area contributed by atoms with Gasteiger partial charge in [0.2, 0.25) is 5.91 Å². The van der Waals surface area contributed by atoms with Crippen molar-refractivity contribution in [1.82, 2.24) is 4.98 Å². The van der Waals surface area contributed by atoms with E-state index in [-0.39, 0.29) is 11.8 Å². The highest BCUT2D eigenvalue weighted by atomic mass is 16.2. The maximum atomic E-state index is 11.8. The molecule has 0 aromatic carbocycles. The highest BCUT2D eigenvalue weighted by Crippen LogP contribution is 2.26. The molecule has 1 aromatic heterocycles. The Kier molecular flexibility index (Phi) is 2.69. The fourth-order valence-corrected chi connectivity index (χ4v) is 1.83. The van der Waals surface area contributed by atoms with Gasteiger partial charge >= 0.3 is 0 Å². The van der Waals surface area contributed by atoms with Crippen LogP contribution in [0.1, 0.15) is 12.1 Å². The van der Waals surface area contributed by atoms with Crippen molar-refractivity contribution in [2.45, 2.75) is 6.42 Å². The number of rotatable bonds is 2. The molecular formula is C12H11N3O. The third-order valence-electron chi connectivity index (χ3n) is 2.67. The van der Waals surface area contributed by atoms with E-state index in [0.29, 0.717) is 24.3 Å². The van der Waals surface area contributed by atoms with Gasteiger partial charge in [-0.2, -0.15) is 5.26 Å². The van der Waals surface area contributed by atoms with Crippen LogP contribution in [0.25, 0.3) is 0 Å². The molecule has 1 saturated heterocycles. The van der Waals surface area contributed by atoms with Gasteiger partial charge in [0, 0.05) is 25.1 Å². The Labute approximate surface area is 93.8 Å². The first kappa shape index (κ1) is 10.4. The van der Waals surface area contributed by atoms with E-state index in [9.17, 15) is 4.79 Å². The van der Waals surface area contributed by atoms with Crippen LogP contribution in [0, 0.1) is 17.2 Å². The highest BCUT2D eigenvalue weighted by Gasteiger charge is 2.30. The van der Waals surface area contributed by atoms with Crippen molar-refractivity contribution >= 4 is 11.6 Å². The smallest absolute Gasteiger partial charge is 0.227 e. The first-order valence-electron chi connectivity index (χ1n) is 5.04. The van der Waals surface area contributed by atoms with E-state index in [4.69, 9.17) is 5.26 Å². The van der Waals surface area contributed by atoms with Gasteiger partial charge < -0.3 is 4.90 Å². The monoisotopic (exact) mass is 213 g/mol. The van der Waals surface area contributed by atoms with E-state index >= 15 is 0 Å². The van der Waals surface area contributed by atoms with Gasteiger partial charge in [0.25, 0.3) is 0 Å². The number of aromatic nitrogens is 1. The van der Waals surface area contributed by atoms with Gasteiger partial charge in [-0.25, -0.2) is 4.98 Å². The molecule has 2 heterocycles. The Hall–Kier alpha value is -2.15. The number of nitrogens with zero attached hydrogens (tertiary/aromatic N) is 3. The zero-order valence-electron chi connectivity index (χ0n) is 8.76. The second-order valence-electron chi connectivity index (χ2n) is 3.69. The first-order valence-corrected chi connectivity index (χ1v) is 5.04. The van der Waals surface area contributed by atoms with E-state index < -0.39 is 0 Å². The topological polar surface area (TPSA) is 57.0 Å². The average Bonchev–Trinajstić information content (AvgIpc) is 2.70. The first-order chi connectivity index (χ1) is 7.76. The number of carbonyl (C=O) groups excluding carboxylic acids is 1. The molecule has 1 unspecified atom stereocenters. The lowest BCUT2D eigenvalue weighted by molar-refractivity contribution is -0.117. The van der Waals surface area contributed by atoms with Gasteiger partial charge in [-0.05, 0) is 12.1 Å². The highest BCUT2D eigenvalue weighted by molar-refractivity contribution is 5.96. The van der Waals surface area contributed by atoms with Crippen LogP contribution in [0.2, 0.25) is 0 Å². The Balaban J connectivity index is 2.35. The third-order valence-corrected chi connectivity index (χ3v) is 2.67. The van der Waals surface area contributed by atoms with Crippen molar-refractivity contribution in [3.05, 3.63) is 36.7 Å². The van der Waals surface area contributed by atoms with Gasteiger partial charge in [0.1, 0.15) is 6.07 Å². The molecule has 0 saturated carbocycles. The van der Waals surface area contributed by atoms with E-state index in [1.54, 1.807) is 29.3 Å². The number of pyridine rings is 1. The van der Waals surface area contributed by atoms with Gasteiger partial charge in [0.15, 0.2) is 5.69 Å². The Bertz CT molecular complexity index is 475. The molecule has 4 nitrogen and oxygen atoms in total. The summed E-state index contributed by atoms with van der Waals surface area (Å²) in [5.74, 6) is 0.189. The predicted octanol–water partition coefficient (Wildman–Crippen LogP) is 1.49. The molecule has 2 rings (SSSR count). The molecule has 1 atom stereocenters. The largest absolute Gasteiger partial charge is 0.309 e. The van der Waals surface area contributed by atoms with Crippen molar-refractivity contribution in [1.29, 1.82) is 5.26 Å². The average molecular weight is 213 g/mol. The Morgan fingerprint density at radius 2 is 2.50 bits per heavy atom. The molecule has 0 radical (unpaired) electrons. The SMILES string of the molecule is C=CC1CC(=O)N(c2cccnc2C#N)C1.